The number of halogens is 2. The van der Waals surface area contributed by atoms with Gasteiger partial charge in [-0.15, -0.1) is 0 Å². The van der Waals surface area contributed by atoms with E-state index in [-0.39, 0.29) is 12.1 Å². The van der Waals surface area contributed by atoms with Gasteiger partial charge in [0, 0.05) is 6.54 Å². The van der Waals surface area contributed by atoms with Gasteiger partial charge in [0.1, 0.15) is 0 Å². The van der Waals surface area contributed by atoms with Crippen LogP contribution in [0.1, 0.15) is 51.1 Å². The number of carbonyl (C=O) groups excluding carboxylic acids is 1. The van der Waals surface area contributed by atoms with Crippen molar-refractivity contribution in [2.45, 2.75) is 45.6 Å². The van der Waals surface area contributed by atoms with Crippen LogP contribution in [0.15, 0.2) is 18.2 Å². The molecule has 0 heterocycles. The highest BCUT2D eigenvalue weighted by atomic mass is 19.2. The Labute approximate surface area is 118 Å². The Hall–Kier alpha value is -1.65. The minimum absolute atomic E-state index is 0.293. The molecule has 1 rings (SSSR count). The van der Waals surface area contributed by atoms with E-state index in [0.29, 0.717) is 12.1 Å². The molecule has 3 nitrogen and oxygen atoms in total. The Bertz CT molecular complexity index is 438. The second-order valence-corrected chi connectivity index (χ2v) is 4.86. The molecule has 2 N–H and O–H groups in total. The zero-order valence-electron chi connectivity index (χ0n) is 12.0. The van der Waals surface area contributed by atoms with Crippen LogP contribution < -0.4 is 10.6 Å². The van der Waals surface area contributed by atoms with Gasteiger partial charge >= 0.3 is 6.03 Å². The third-order valence-corrected chi connectivity index (χ3v) is 3.11. The number of benzene rings is 1. The lowest BCUT2D eigenvalue weighted by Crippen LogP contribution is -2.37. The first kappa shape index (κ1) is 16.4. The number of unbranched alkanes of at least 4 members (excludes halogenated alkanes) is 3. The minimum Gasteiger partial charge on any atom is -0.338 e. The van der Waals surface area contributed by atoms with E-state index in [1.54, 1.807) is 6.92 Å². The quantitative estimate of drug-likeness (QED) is 0.732. The summed E-state index contributed by atoms with van der Waals surface area (Å²) in [5.74, 6) is -1.79. The number of hydrogen-bond donors (Lipinski definition) is 2. The maximum Gasteiger partial charge on any atom is 0.315 e. The zero-order chi connectivity index (χ0) is 15.0. The van der Waals surface area contributed by atoms with Crippen molar-refractivity contribution in [1.82, 2.24) is 10.6 Å². The van der Waals surface area contributed by atoms with E-state index in [4.69, 9.17) is 0 Å². The van der Waals surface area contributed by atoms with E-state index in [2.05, 4.69) is 17.6 Å². The monoisotopic (exact) mass is 284 g/mol. The molecule has 1 unspecified atom stereocenters. The number of urea groups is 1. The van der Waals surface area contributed by atoms with Crippen LogP contribution in [0.4, 0.5) is 13.6 Å². The topological polar surface area (TPSA) is 41.1 Å². The van der Waals surface area contributed by atoms with Gasteiger partial charge in [0.25, 0.3) is 0 Å². The Morgan fingerprint density at radius 3 is 2.60 bits per heavy atom. The van der Waals surface area contributed by atoms with Crippen LogP contribution >= 0.6 is 0 Å². The lowest BCUT2D eigenvalue weighted by molar-refractivity contribution is 0.237. The van der Waals surface area contributed by atoms with E-state index in [1.807, 2.05) is 0 Å². The van der Waals surface area contributed by atoms with Crippen molar-refractivity contribution >= 4 is 6.03 Å². The number of hydrogen-bond acceptors (Lipinski definition) is 1. The molecule has 0 saturated heterocycles. The summed E-state index contributed by atoms with van der Waals surface area (Å²) in [5, 5.41) is 5.44. The van der Waals surface area contributed by atoms with Crippen LogP contribution in [-0.2, 0) is 0 Å². The van der Waals surface area contributed by atoms with E-state index in [1.165, 1.54) is 6.07 Å². The molecular formula is C15H22F2N2O. The summed E-state index contributed by atoms with van der Waals surface area (Å²) in [7, 11) is 0. The van der Waals surface area contributed by atoms with Crippen molar-refractivity contribution in [2.24, 2.45) is 0 Å². The van der Waals surface area contributed by atoms with Gasteiger partial charge in [0.15, 0.2) is 11.6 Å². The summed E-state index contributed by atoms with van der Waals surface area (Å²) in [6.45, 7) is 4.48. The molecule has 20 heavy (non-hydrogen) atoms. The third kappa shape index (κ3) is 5.55. The smallest absolute Gasteiger partial charge is 0.315 e. The Kier molecular flexibility index (Phi) is 6.98. The van der Waals surface area contributed by atoms with Crippen molar-refractivity contribution in [1.29, 1.82) is 0 Å². The standard InChI is InChI=1S/C15H22F2N2O/c1-3-4-5-6-9-18-15(20)19-11(2)12-7-8-13(16)14(17)10-12/h7-8,10-11H,3-6,9H2,1-2H3,(H2,18,19,20). The highest BCUT2D eigenvalue weighted by molar-refractivity contribution is 5.74. The van der Waals surface area contributed by atoms with Crippen molar-refractivity contribution in [3.8, 4) is 0 Å². The first-order valence-electron chi connectivity index (χ1n) is 7.04. The maximum absolute atomic E-state index is 13.1. The van der Waals surface area contributed by atoms with Gasteiger partial charge in [-0.05, 0) is 31.0 Å². The molecule has 0 spiro atoms. The number of carbonyl (C=O) groups is 1. The number of nitrogens with one attached hydrogen (secondary N) is 2. The Balaban J connectivity index is 2.35. The van der Waals surface area contributed by atoms with Crippen molar-refractivity contribution in [3.05, 3.63) is 35.4 Å². The molecule has 0 radical (unpaired) electrons. The predicted octanol–water partition coefficient (Wildman–Crippen LogP) is 3.91. The predicted molar refractivity (Wildman–Crippen MR) is 75.4 cm³/mol. The number of amides is 2. The number of rotatable bonds is 7. The molecule has 5 heteroatoms. The van der Waals surface area contributed by atoms with Gasteiger partial charge in [0.05, 0.1) is 6.04 Å². The first-order valence-corrected chi connectivity index (χ1v) is 7.04. The zero-order valence-corrected chi connectivity index (χ0v) is 12.0. The summed E-state index contributed by atoms with van der Waals surface area (Å²) >= 11 is 0. The van der Waals surface area contributed by atoms with Crippen LogP contribution in [0.25, 0.3) is 0 Å². The molecular weight excluding hydrogens is 262 g/mol. The lowest BCUT2D eigenvalue weighted by Gasteiger charge is -2.15. The fourth-order valence-electron chi connectivity index (χ4n) is 1.87. The fraction of sp³-hybridized carbons (Fsp3) is 0.533. The molecule has 1 aromatic rings. The summed E-state index contributed by atoms with van der Waals surface area (Å²) in [5.41, 5.74) is 0.532. The molecule has 1 aromatic carbocycles. The lowest BCUT2D eigenvalue weighted by atomic mass is 10.1. The van der Waals surface area contributed by atoms with E-state index >= 15 is 0 Å². The van der Waals surface area contributed by atoms with Gasteiger partial charge in [-0.2, -0.15) is 0 Å². The Morgan fingerprint density at radius 1 is 1.20 bits per heavy atom. The molecule has 1 atom stereocenters. The van der Waals surface area contributed by atoms with Crippen molar-refractivity contribution in [3.63, 3.8) is 0 Å². The normalized spacial score (nSPS) is 12.0. The van der Waals surface area contributed by atoms with Gasteiger partial charge in [0.2, 0.25) is 0 Å². The molecule has 0 bridgehead atoms. The summed E-state index contributed by atoms with van der Waals surface area (Å²) in [6.07, 6.45) is 4.35. The Morgan fingerprint density at radius 2 is 1.95 bits per heavy atom. The van der Waals surface area contributed by atoms with E-state index in [9.17, 15) is 13.6 Å². The van der Waals surface area contributed by atoms with Gasteiger partial charge < -0.3 is 10.6 Å². The average molecular weight is 284 g/mol. The largest absolute Gasteiger partial charge is 0.338 e. The van der Waals surface area contributed by atoms with Crippen molar-refractivity contribution in [2.75, 3.05) is 6.54 Å². The van der Waals surface area contributed by atoms with Crippen LogP contribution in [-0.4, -0.2) is 12.6 Å². The van der Waals surface area contributed by atoms with Gasteiger partial charge in [-0.1, -0.05) is 32.3 Å². The first-order chi connectivity index (χ1) is 9.54. The van der Waals surface area contributed by atoms with Crippen LogP contribution in [0.5, 0.6) is 0 Å². The summed E-state index contributed by atoms with van der Waals surface area (Å²) in [4.78, 5) is 11.6. The molecule has 0 aliphatic carbocycles. The molecule has 112 valence electrons. The molecule has 0 aliphatic rings. The van der Waals surface area contributed by atoms with E-state index < -0.39 is 11.6 Å². The molecule has 0 saturated carbocycles. The highest BCUT2D eigenvalue weighted by Crippen LogP contribution is 2.15. The molecule has 0 fully saturated rings. The van der Waals surface area contributed by atoms with Gasteiger partial charge in [-0.3, -0.25) is 0 Å². The van der Waals surface area contributed by atoms with Crippen LogP contribution in [0.3, 0.4) is 0 Å². The molecule has 0 aliphatic heterocycles. The second-order valence-electron chi connectivity index (χ2n) is 4.86. The summed E-state index contributed by atoms with van der Waals surface area (Å²) < 4.78 is 25.9. The average Bonchev–Trinajstić information content (AvgIpc) is 2.41. The van der Waals surface area contributed by atoms with E-state index in [0.717, 1.165) is 37.8 Å². The minimum atomic E-state index is -0.906. The SMILES string of the molecule is CCCCCCNC(=O)NC(C)c1ccc(F)c(F)c1. The summed E-state index contributed by atoms with van der Waals surface area (Å²) in [6, 6.07) is 2.96. The maximum atomic E-state index is 13.1. The van der Waals surface area contributed by atoms with Crippen LogP contribution in [0.2, 0.25) is 0 Å². The fourth-order valence-corrected chi connectivity index (χ4v) is 1.87. The molecule has 2 amide bonds. The third-order valence-electron chi connectivity index (χ3n) is 3.11. The van der Waals surface area contributed by atoms with Crippen molar-refractivity contribution < 1.29 is 13.6 Å². The van der Waals surface area contributed by atoms with Gasteiger partial charge in [-0.25, -0.2) is 13.6 Å². The van der Waals surface area contributed by atoms with Crippen LogP contribution in [0, 0.1) is 11.6 Å². The molecule has 0 aromatic heterocycles. The highest BCUT2D eigenvalue weighted by Gasteiger charge is 2.11. The second kappa shape index (κ2) is 8.51.